The van der Waals surface area contributed by atoms with Crippen LogP contribution in [0.5, 0.6) is 0 Å². The van der Waals surface area contributed by atoms with E-state index >= 15 is 0 Å². The molecule has 0 radical (unpaired) electrons. The number of nitrogens with one attached hydrogen (secondary N) is 2. The summed E-state index contributed by atoms with van der Waals surface area (Å²) in [6.07, 6.45) is -0.356. The molecule has 0 aliphatic heterocycles. The average Bonchev–Trinajstić information content (AvgIpc) is 2.52. The van der Waals surface area contributed by atoms with Crippen molar-refractivity contribution >= 4 is 15.8 Å². The van der Waals surface area contributed by atoms with Gasteiger partial charge in [0.25, 0.3) is 0 Å². The predicted octanol–water partition coefficient (Wildman–Crippen LogP) is 3.79. The fourth-order valence-electron chi connectivity index (χ4n) is 2.80. The van der Waals surface area contributed by atoms with Crippen LogP contribution in [0.3, 0.4) is 0 Å². The van der Waals surface area contributed by atoms with E-state index in [4.69, 9.17) is 0 Å². The van der Waals surface area contributed by atoms with Crippen molar-refractivity contribution in [1.82, 2.24) is 9.71 Å². The lowest BCUT2D eigenvalue weighted by Crippen LogP contribution is -2.46. The van der Waals surface area contributed by atoms with E-state index < -0.39 is 26.5 Å². The molecule has 0 atom stereocenters. The fraction of sp³-hybridized carbons (Fsp3) is 0.706. The number of pyridine rings is 1. The van der Waals surface area contributed by atoms with E-state index in [0.29, 0.717) is 18.3 Å². The normalized spacial score (nSPS) is 22.2. The first kappa shape index (κ1) is 21.0. The summed E-state index contributed by atoms with van der Waals surface area (Å²) in [6.45, 7) is 5.61. The van der Waals surface area contributed by atoms with Crippen LogP contribution in [0.15, 0.2) is 18.3 Å². The quantitative estimate of drug-likeness (QED) is 0.799. The first-order valence-corrected chi connectivity index (χ1v) is 10.2. The SMILES string of the molecule is CC(C)(C)S(=O)(=O)N[C@H]1CC[C@H](CNc2ccc(C(F)(F)F)cn2)CC1. The summed E-state index contributed by atoms with van der Waals surface area (Å²) in [7, 11) is -3.35. The summed E-state index contributed by atoms with van der Waals surface area (Å²) >= 11 is 0. The topological polar surface area (TPSA) is 71.1 Å². The van der Waals surface area contributed by atoms with E-state index in [-0.39, 0.29) is 6.04 Å². The van der Waals surface area contributed by atoms with Crippen molar-refractivity contribution in [3.05, 3.63) is 23.9 Å². The smallest absolute Gasteiger partial charge is 0.370 e. The number of halogens is 3. The van der Waals surface area contributed by atoms with Gasteiger partial charge in [-0.05, 0) is 64.5 Å². The molecule has 5 nitrogen and oxygen atoms in total. The van der Waals surface area contributed by atoms with Crippen molar-refractivity contribution in [2.45, 2.75) is 63.4 Å². The first-order chi connectivity index (χ1) is 11.9. The van der Waals surface area contributed by atoms with E-state index in [9.17, 15) is 21.6 Å². The first-order valence-electron chi connectivity index (χ1n) is 8.67. The molecule has 0 bridgehead atoms. The predicted molar refractivity (Wildman–Crippen MR) is 95.3 cm³/mol. The molecule has 2 rings (SSSR count). The van der Waals surface area contributed by atoms with Gasteiger partial charge in [-0.25, -0.2) is 18.1 Å². The number of rotatable bonds is 5. The minimum atomic E-state index is -4.38. The van der Waals surface area contributed by atoms with Gasteiger partial charge in [-0.15, -0.1) is 0 Å². The lowest BCUT2D eigenvalue weighted by Gasteiger charge is -2.31. The van der Waals surface area contributed by atoms with E-state index in [1.807, 2.05) is 0 Å². The van der Waals surface area contributed by atoms with Crippen LogP contribution in [0.1, 0.15) is 52.0 Å². The van der Waals surface area contributed by atoms with Crippen LogP contribution >= 0.6 is 0 Å². The summed E-state index contributed by atoms with van der Waals surface area (Å²) in [6, 6.07) is 2.28. The van der Waals surface area contributed by atoms with Crippen LogP contribution < -0.4 is 10.0 Å². The second-order valence-electron chi connectivity index (χ2n) is 7.76. The molecule has 1 aromatic rings. The molecule has 1 aromatic heterocycles. The standard InChI is InChI=1S/C17H26F3N3O2S/c1-16(2,3)26(24,25)23-14-7-4-12(5-8-14)10-21-15-9-6-13(11-22-15)17(18,19)20/h6,9,11-12,14,23H,4-5,7-8,10H2,1-3H3,(H,21,22)/t12-,14-. The highest BCUT2D eigenvalue weighted by Gasteiger charge is 2.33. The van der Waals surface area contributed by atoms with Crippen LogP contribution in [0, 0.1) is 5.92 Å². The van der Waals surface area contributed by atoms with Gasteiger partial charge < -0.3 is 5.32 Å². The number of hydrogen-bond acceptors (Lipinski definition) is 4. The highest BCUT2D eigenvalue weighted by atomic mass is 32.2. The summed E-state index contributed by atoms with van der Waals surface area (Å²) < 4.78 is 63.9. The van der Waals surface area contributed by atoms with Crippen molar-refractivity contribution in [1.29, 1.82) is 0 Å². The fourth-order valence-corrected chi connectivity index (χ4v) is 3.82. The Bertz CT molecular complexity index is 689. The highest BCUT2D eigenvalue weighted by molar-refractivity contribution is 7.90. The van der Waals surface area contributed by atoms with Gasteiger partial charge in [0, 0.05) is 18.8 Å². The molecule has 0 amide bonds. The van der Waals surface area contributed by atoms with Crippen LogP contribution in [0.2, 0.25) is 0 Å². The molecular weight excluding hydrogens is 367 g/mol. The van der Waals surface area contributed by atoms with Crippen molar-refractivity contribution < 1.29 is 21.6 Å². The maximum atomic E-state index is 12.5. The van der Waals surface area contributed by atoms with E-state index in [2.05, 4.69) is 15.0 Å². The molecule has 0 saturated heterocycles. The zero-order chi connectivity index (χ0) is 19.6. The third kappa shape index (κ3) is 5.57. The molecule has 0 unspecified atom stereocenters. The van der Waals surface area contributed by atoms with Crippen molar-refractivity contribution in [2.24, 2.45) is 5.92 Å². The number of aromatic nitrogens is 1. The molecule has 0 spiro atoms. The minimum Gasteiger partial charge on any atom is -0.370 e. The van der Waals surface area contributed by atoms with E-state index in [1.54, 1.807) is 20.8 Å². The van der Waals surface area contributed by atoms with Crippen molar-refractivity contribution in [3.8, 4) is 0 Å². The molecule has 1 saturated carbocycles. The number of hydrogen-bond donors (Lipinski definition) is 2. The van der Waals surface area contributed by atoms with Gasteiger partial charge in [0.05, 0.1) is 10.3 Å². The molecule has 0 aromatic carbocycles. The Labute approximate surface area is 152 Å². The van der Waals surface area contributed by atoms with Gasteiger partial charge in [0.1, 0.15) is 5.82 Å². The zero-order valence-corrected chi connectivity index (χ0v) is 16.0. The third-order valence-electron chi connectivity index (χ3n) is 4.64. The third-order valence-corrected chi connectivity index (χ3v) is 6.89. The highest BCUT2D eigenvalue weighted by Crippen LogP contribution is 2.29. The van der Waals surface area contributed by atoms with E-state index in [1.165, 1.54) is 6.07 Å². The van der Waals surface area contributed by atoms with Crippen LogP contribution in [-0.4, -0.2) is 30.7 Å². The molecule has 9 heteroatoms. The molecule has 1 fully saturated rings. The number of nitrogens with zero attached hydrogens (tertiary/aromatic N) is 1. The maximum Gasteiger partial charge on any atom is 0.417 e. The van der Waals surface area contributed by atoms with Gasteiger partial charge in [-0.3, -0.25) is 0 Å². The van der Waals surface area contributed by atoms with Crippen molar-refractivity contribution in [2.75, 3.05) is 11.9 Å². The summed E-state index contributed by atoms with van der Waals surface area (Å²) in [5.74, 6) is 0.753. The summed E-state index contributed by atoms with van der Waals surface area (Å²) in [5, 5.41) is 3.06. The number of alkyl halides is 3. The molecule has 26 heavy (non-hydrogen) atoms. The summed E-state index contributed by atoms with van der Waals surface area (Å²) in [5.41, 5.74) is -0.769. The van der Waals surface area contributed by atoms with Crippen molar-refractivity contribution in [3.63, 3.8) is 0 Å². The average molecular weight is 393 g/mol. The zero-order valence-electron chi connectivity index (χ0n) is 15.2. The molecule has 1 aliphatic rings. The monoisotopic (exact) mass is 393 g/mol. The minimum absolute atomic E-state index is 0.0559. The van der Waals surface area contributed by atoms with Crippen LogP contribution in [0.25, 0.3) is 0 Å². The molecule has 2 N–H and O–H groups in total. The molecule has 1 heterocycles. The Balaban J connectivity index is 1.79. The lowest BCUT2D eigenvalue weighted by atomic mass is 9.86. The number of sulfonamides is 1. The second kappa shape index (κ2) is 7.72. The van der Waals surface area contributed by atoms with E-state index in [0.717, 1.165) is 37.9 Å². The van der Waals surface area contributed by atoms with Crippen LogP contribution in [0.4, 0.5) is 19.0 Å². The van der Waals surface area contributed by atoms with Crippen LogP contribution in [-0.2, 0) is 16.2 Å². The Morgan fingerprint density at radius 2 is 1.73 bits per heavy atom. The van der Waals surface area contributed by atoms with Gasteiger partial charge >= 0.3 is 6.18 Å². The Hall–Kier alpha value is -1.35. The lowest BCUT2D eigenvalue weighted by molar-refractivity contribution is -0.137. The summed E-state index contributed by atoms with van der Waals surface area (Å²) in [4.78, 5) is 3.80. The Morgan fingerprint density at radius 3 is 2.19 bits per heavy atom. The van der Waals surface area contributed by atoms with Gasteiger partial charge in [-0.2, -0.15) is 13.2 Å². The number of anilines is 1. The van der Waals surface area contributed by atoms with Gasteiger partial charge in [0.15, 0.2) is 0 Å². The Kier molecular flexibility index (Phi) is 6.22. The molecule has 148 valence electrons. The molecule has 1 aliphatic carbocycles. The Morgan fingerprint density at radius 1 is 1.12 bits per heavy atom. The van der Waals surface area contributed by atoms with Gasteiger partial charge in [-0.1, -0.05) is 0 Å². The van der Waals surface area contributed by atoms with Gasteiger partial charge in [0.2, 0.25) is 10.0 Å². The second-order valence-corrected chi connectivity index (χ2v) is 10.2. The maximum absolute atomic E-state index is 12.5. The molecular formula is C17H26F3N3O2S. The largest absolute Gasteiger partial charge is 0.417 e.